The lowest BCUT2D eigenvalue weighted by molar-refractivity contribution is -0.119. The van der Waals surface area contributed by atoms with Crippen molar-refractivity contribution >= 4 is 33.2 Å². The highest BCUT2D eigenvalue weighted by Gasteiger charge is 2.28. The summed E-state index contributed by atoms with van der Waals surface area (Å²) in [6.07, 6.45) is 0.615. The van der Waals surface area contributed by atoms with E-state index in [1.807, 2.05) is 30.3 Å². The van der Waals surface area contributed by atoms with Gasteiger partial charge >= 0.3 is 0 Å². The minimum Gasteiger partial charge on any atom is -0.497 e. The van der Waals surface area contributed by atoms with E-state index in [1.54, 1.807) is 32.2 Å². The van der Waals surface area contributed by atoms with E-state index < -0.39 is 10.0 Å². The molecule has 168 valence electrons. The minimum absolute atomic E-state index is 0.0659. The Morgan fingerprint density at radius 1 is 1.00 bits per heavy atom. The van der Waals surface area contributed by atoms with Crippen LogP contribution in [0.4, 0.5) is 5.69 Å². The molecule has 0 aliphatic rings. The Bertz CT molecular complexity index is 1160. The summed E-state index contributed by atoms with van der Waals surface area (Å²) >= 11 is 5.91. The lowest BCUT2D eigenvalue weighted by Crippen LogP contribution is -2.41. The number of benzene rings is 3. The van der Waals surface area contributed by atoms with Gasteiger partial charge in [0.25, 0.3) is 10.0 Å². The van der Waals surface area contributed by atoms with Crippen LogP contribution in [0.3, 0.4) is 0 Å². The number of carbonyl (C=O) groups excluding carboxylic acids is 1. The van der Waals surface area contributed by atoms with E-state index in [9.17, 15) is 13.2 Å². The number of rotatable bonds is 9. The SMILES string of the molecule is COc1ccc(CCNC(=O)CN(c2ccccc2C)S(=O)(=O)c2ccc(Cl)cc2)cc1. The number of ether oxygens (including phenoxy) is 1. The largest absolute Gasteiger partial charge is 0.497 e. The molecule has 1 N–H and O–H groups in total. The molecule has 0 fully saturated rings. The molecule has 0 saturated carbocycles. The number of aryl methyl sites for hydroxylation is 1. The Morgan fingerprint density at radius 2 is 1.66 bits per heavy atom. The maximum Gasteiger partial charge on any atom is 0.264 e. The molecular formula is C24H25ClN2O4S. The molecule has 1 amide bonds. The predicted octanol–water partition coefficient (Wildman–Crippen LogP) is 4.21. The molecule has 0 aromatic heterocycles. The normalized spacial score (nSPS) is 11.1. The summed E-state index contributed by atoms with van der Waals surface area (Å²) in [5.41, 5.74) is 2.24. The average molecular weight is 473 g/mol. The van der Waals surface area contributed by atoms with Gasteiger partial charge in [0.05, 0.1) is 17.7 Å². The van der Waals surface area contributed by atoms with Crippen molar-refractivity contribution in [3.63, 3.8) is 0 Å². The number of halogens is 1. The van der Waals surface area contributed by atoms with Gasteiger partial charge in [-0.15, -0.1) is 0 Å². The molecule has 0 radical (unpaired) electrons. The van der Waals surface area contributed by atoms with Crippen LogP contribution in [0.1, 0.15) is 11.1 Å². The van der Waals surface area contributed by atoms with Crippen molar-refractivity contribution in [2.75, 3.05) is 24.5 Å². The van der Waals surface area contributed by atoms with Gasteiger partial charge in [-0.25, -0.2) is 8.42 Å². The van der Waals surface area contributed by atoms with Crippen LogP contribution in [0.25, 0.3) is 0 Å². The van der Waals surface area contributed by atoms with Crippen LogP contribution in [0.15, 0.2) is 77.7 Å². The van der Waals surface area contributed by atoms with Crippen LogP contribution in [0, 0.1) is 6.92 Å². The number of methoxy groups -OCH3 is 1. The van der Waals surface area contributed by atoms with Crippen molar-refractivity contribution in [2.24, 2.45) is 0 Å². The van der Waals surface area contributed by atoms with Crippen LogP contribution < -0.4 is 14.4 Å². The van der Waals surface area contributed by atoms with Crippen LogP contribution in [-0.2, 0) is 21.2 Å². The number of para-hydroxylation sites is 1. The van der Waals surface area contributed by atoms with E-state index in [0.717, 1.165) is 21.2 Å². The lowest BCUT2D eigenvalue weighted by Gasteiger charge is -2.25. The number of hydrogen-bond acceptors (Lipinski definition) is 4. The third-order valence-corrected chi connectivity index (χ3v) is 6.99. The first-order valence-electron chi connectivity index (χ1n) is 10.0. The molecule has 8 heteroatoms. The van der Waals surface area contributed by atoms with Crippen LogP contribution in [0.5, 0.6) is 5.75 Å². The van der Waals surface area contributed by atoms with Gasteiger partial charge in [0.15, 0.2) is 0 Å². The highest BCUT2D eigenvalue weighted by Crippen LogP contribution is 2.27. The van der Waals surface area contributed by atoms with Gasteiger partial charge in [0, 0.05) is 11.6 Å². The van der Waals surface area contributed by atoms with Gasteiger partial charge < -0.3 is 10.1 Å². The van der Waals surface area contributed by atoms with Crippen molar-refractivity contribution in [1.29, 1.82) is 0 Å². The summed E-state index contributed by atoms with van der Waals surface area (Å²) in [4.78, 5) is 12.8. The number of nitrogens with one attached hydrogen (secondary N) is 1. The van der Waals surface area contributed by atoms with E-state index in [2.05, 4.69) is 5.32 Å². The van der Waals surface area contributed by atoms with Crippen LogP contribution in [0.2, 0.25) is 5.02 Å². The van der Waals surface area contributed by atoms with Gasteiger partial charge in [-0.05, 0) is 66.9 Å². The summed E-state index contributed by atoms with van der Waals surface area (Å²) < 4.78 is 33.0. The first-order valence-corrected chi connectivity index (χ1v) is 11.9. The van der Waals surface area contributed by atoms with Crippen LogP contribution >= 0.6 is 11.6 Å². The predicted molar refractivity (Wildman–Crippen MR) is 127 cm³/mol. The maximum atomic E-state index is 13.4. The van der Waals surface area contributed by atoms with E-state index in [4.69, 9.17) is 16.3 Å². The third-order valence-electron chi connectivity index (χ3n) is 4.97. The zero-order valence-electron chi connectivity index (χ0n) is 17.9. The maximum absolute atomic E-state index is 13.4. The van der Waals surface area contributed by atoms with E-state index in [0.29, 0.717) is 23.7 Å². The fraction of sp³-hybridized carbons (Fsp3) is 0.208. The molecule has 3 rings (SSSR count). The zero-order chi connectivity index (χ0) is 23.1. The third kappa shape index (κ3) is 5.81. The lowest BCUT2D eigenvalue weighted by atomic mass is 10.1. The molecule has 32 heavy (non-hydrogen) atoms. The molecule has 6 nitrogen and oxygen atoms in total. The minimum atomic E-state index is -3.97. The highest BCUT2D eigenvalue weighted by atomic mass is 35.5. The van der Waals surface area contributed by atoms with Crippen molar-refractivity contribution in [2.45, 2.75) is 18.2 Å². The summed E-state index contributed by atoms with van der Waals surface area (Å²) in [5.74, 6) is 0.373. The molecule has 0 atom stereocenters. The van der Waals surface area contributed by atoms with Crippen molar-refractivity contribution in [1.82, 2.24) is 5.32 Å². The highest BCUT2D eigenvalue weighted by molar-refractivity contribution is 7.92. The first-order chi connectivity index (χ1) is 15.3. The number of hydrogen-bond donors (Lipinski definition) is 1. The number of sulfonamides is 1. The summed E-state index contributed by atoms with van der Waals surface area (Å²) in [5, 5.41) is 3.25. The van der Waals surface area contributed by atoms with E-state index in [-0.39, 0.29) is 17.3 Å². The standard InChI is InChI=1S/C24H25ClN2O4S/c1-18-5-3-4-6-23(18)27(32(29,30)22-13-9-20(25)10-14-22)17-24(28)26-16-15-19-7-11-21(31-2)12-8-19/h3-14H,15-17H2,1-2H3,(H,26,28). The molecule has 0 spiro atoms. The molecule has 3 aromatic carbocycles. The van der Waals surface area contributed by atoms with Crippen molar-refractivity contribution in [3.05, 3.63) is 88.9 Å². The molecule has 0 heterocycles. The van der Waals surface area contributed by atoms with Crippen LogP contribution in [-0.4, -0.2) is 34.5 Å². The summed E-state index contributed by atoms with van der Waals surface area (Å²) in [6, 6.07) is 20.5. The Balaban J connectivity index is 1.76. The average Bonchev–Trinajstić information content (AvgIpc) is 2.79. The molecule has 3 aromatic rings. The molecule has 0 aliphatic carbocycles. The fourth-order valence-corrected chi connectivity index (χ4v) is 4.81. The summed E-state index contributed by atoms with van der Waals surface area (Å²) in [6.45, 7) is 1.85. The topological polar surface area (TPSA) is 75.7 Å². The van der Waals surface area contributed by atoms with Gasteiger partial charge in [-0.1, -0.05) is 41.9 Å². The second-order valence-corrected chi connectivity index (χ2v) is 9.50. The van der Waals surface area contributed by atoms with E-state index in [1.165, 1.54) is 24.3 Å². The van der Waals surface area contributed by atoms with Crippen molar-refractivity contribution < 1.29 is 17.9 Å². The number of amides is 1. The van der Waals surface area contributed by atoms with Gasteiger partial charge in [-0.2, -0.15) is 0 Å². The Labute approximate surface area is 193 Å². The molecule has 0 saturated heterocycles. The number of carbonyl (C=O) groups is 1. The number of anilines is 1. The van der Waals surface area contributed by atoms with Crippen molar-refractivity contribution in [3.8, 4) is 5.75 Å². The van der Waals surface area contributed by atoms with Gasteiger partial charge in [0.2, 0.25) is 5.91 Å². The number of nitrogens with zero attached hydrogens (tertiary/aromatic N) is 1. The molecular weight excluding hydrogens is 448 g/mol. The fourth-order valence-electron chi connectivity index (χ4n) is 3.20. The first kappa shape index (κ1) is 23.6. The van der Waals surface area contributed by atoms with Gasteiger partial charge in [0.1, 0.15) is 12.3 Å². The Kier molecular flexibility index (Phi) is 7.77. The quantitative estimate of drug-likeness (QED) is 0.506. The molecule has 0 bridgehead atoms. The van der Waals surface area contributed by atoms with Gasteiger partial charge in [-0.3, -0.25) is 9.10 Å². The molecule has 0 unspecified atom stereocenters. The smallest absolute Gasteiger partial charge is 0.264 e. The molecule has 0 aliphatic heterocycles. The monoisotopic (exact) mass is 472 g/mol. The second-order valence-electron chi connectivity index (χ2n) is 7.20. The second kappa shape index (κ2) is 10.5. The summed E-state index contributed by atoms with van der Waals surface area (Å²) in [7, 11) is -2.37. The van der Waals surface area contributed by atoms with E-state index >= 15 is 0 Å². The Morgan fingerprint density at radius 3 is 2.28 bits per heavy atom. The zero-order valence-corrected chi connectivity index (χ0v) is 19.5. The Hall–Kier alpha value is -3.03.